The Bertz CT molecular complexity index is 766. The minimum atomic E-state index is -0.0515. The van der Waals surface area contributed by atoms with E-state index in [1.807, 2.05) is 18.2 Å². The van der Waals surface area contributed by atoms with Crippen LogP contribution in [0.1, 0.15) is 0 Å². The predicted molar refractivity (Wildman–Crippen MR) is 73.4 cm³/mol. The molecule has 18 heavy (non-hydrogen) atoms. The Kier molecular flexibility index (Phi) is 2.72. The van der Waals surface area contributed by atoms with Crippen LogP contribution >= 0.6 is 15.9 Å². The minimum absolute atomic E-state index is 0.0515. The molecule has 0 saturated carbocycles. The van der Waals surface area contributed by atoms with Gasteiger partial charge in [-0.05, 0) is 30.3 Å². The van der Waals surface area contributed by atoms with Crippen molar-refractivity contribution in [1.82, 2.24) is 4.98 Å². The van der Waals surface area contributed by atoms with E-state index in [4.69, 9.17) is 4.42 Å². The number of halogens is 1. The summed E-state index contributed by atoms with van der Waals surface area (Å²) >= 11 is 3.34. The van der Waals surface area contributed by atoms with Crippen LogP contribution in [0.25, 0.3) is 22.3 Å². The van der Waals surface area contributed by atoms with E-state index in [1.54, 1.807) is 24.5 Å². The first-order valence-corrected chi connectivity index (χ1v) is 6.17. The summed E-state index contributed by atoms with van der Waals surface area (Å²) in [5.41, 5.74) is 1.37. The third-order valence-corrected chi connectivity index (χ3v) is 3.15. The largest absolute Gasteiger partial charge is 0.456 e. The van der Waals surface area contributed by atoms with E-state index in [9.17, 15) is 4.79 Å². The summed E-state index contributed by atoms with van der Waals surface area (Å²) in [5, 5.41) is 0.571. The maximum absolute atomic E-state index is 12.0. The van der Waals surface area contributed by atoms with Gasteiger partial charge < -0.3 is 4.42 Å². The molecule has 2 aromatic heterocycles. The Morgan fingerprint density at radius 2 is 1.83 bits per heavy atom. The van der Waals surface area contributed by atoms with Gasteiger partial charge >= 0.3 is 0 Å². The molecule has 0 atom stereocenters. The number of rotatable bonds is 1. The third-order valence-electron chi connectivity index (χ3n) is 2.65. The molecule has 0 fully saturated rings. The molecule has 4 heteroatoms. The van der Waals surface area contributed by atoms with Crippen LogP contribution in [0, 0.1) is 0 Å². The molecule has 3 rings (SSSR count). The Morgan fingerprint density at radius 1 is 1.06 bits per heavy atom. The van der Waals surface area contributed by atoms with Crippen molar-refractivity contribution in [2.24, 2.45) is 0 Å². The van der Waals surface area contributed by atoms with Gasteiger partial charge in [-0.25, -0.2) is 0 Å². The summed E-state index contributed by atoms with van der Waals surface area (Å²) in [6, 6.07) is 10.5. The molecule has 0 N–H and O–H groups in total. The molecule has 88 valence electrons. The number of aromatic nitrogens is 1. The first-order valence-electron chi connectivity index (χ1n) is 5.38. The molecule has 0 unspecified atom stereocenters. The summed E-state index contributed by atoms with van der Waals surface area (Å²) in [7, 11) is 0. The second kappa shape index (κ2) is 4.38. The quantitative estimate of drug-likeness (QED) is 0.689. The second-order valence-corrected chi connectivity index (χ2v) is 4.77. The van der Waals surface area contributed by atoms with E-state index < -0.39 is 0 Å². The average Bonchev–Trinajstić information content (AvgIpc) is 2.40. The highest BCUT2D eigenvalue weighted by Gasteiger charge is 2.06. The van der Waals surface area contributed by atoms with Gasteiger partial charge in [0.1, 0.15) is 11.3 Å². The van der Waals surface area contributed by atoms with Crippen molar-refractivity contribution >= 4 is 26.9 Å². The van der Waals surface area contributed by atoms with Gasteiger partial charge in [0.2, 0.25) is 0 Å². The second-order valence-electron chi connectivity index (χ2n) is 3.85. The summed E-state index contributed by atoms with van der Waals surface area (Å²) in [5.74, 6) is 0.553. The molecule has 0 saturated heterocycles. The van der Waals surface area contributed by atoms with Gasteiger partial charge in [-0.1, -0.05) is 15.9 Å². The van der Waals surface area contributed by atoms with Crippen LogP contribution in [0.4, 0.5) is 0 Å². The lowest BCUT2D eigenvalue weighted by molar-refractivity contribution is 0.619. The minimum Gasteiger partial charge on any atom is -0.456 e. The monoisotopic (exact) mass is 301 g/mol. The molecule has 3 aromatic rings. The molecule has 0 amide bonds. The lowest BCUT2D eigenvalue weighted by Gasteiger charge is -2.02. The smallest absolute Gasteiger partial charge is 0.193 e. The van der Waals surface area contributed by atoms with Gasteiger partial charge in [0, 0.05) is 28.5 Å². The van der Waals surface area contributed by atoms with E-state index in [0.29, 0.717) is 16.7 Å². The first-order chi connectivity index (χ1) is 8.74. The van der Waals surface area contributed by atoms with E-state index in [0.717, 1.165) is 10.0 Å². The highest BCUT2D eigenvalue weighted by molar-refractivity contribution is 9.10. The maximum atomic E-state index is 12.0. The van der Waals surface area contributed by atoms with Crippen molar-refractivity contribution in [1.29, 1.82) is 0 Å². The fourth-order valence-corrected chi connectivity index (χ4v) is 2.15. The molecular formula is C14H8BrNO2. The zero-order valence-electron chi connectivity index (χ0n) is 9.26. The zero-order valence-corrected chi connectivity index (χ0v) is 10.8. The fraction of sp³-hybridized carbons (Fsp3) is 0. The fourth-order valence-electron chi connectivity index (χ4n) is 1.79. The van der Waals surface area contributed by atoms with Gasteiger partial charge in [-0.2, -0.15) is 0 Å². The van der Waals surface area contributed by atoms with Crippen LogP contribution in [-0.2, 0) is 0 Å². The predicted octanol–water partition coefficient (Wildman–Crippen LogP) is 3.62. The molecule has 3 nitrogen and oxygen atoms in total. The Hall–Kier alpha value is -1.94. The van der Waals surface area contributed by atoms with Gasteiger partial charge in [0.15, 0.2) is 5.43 Å². The van der Waals surface area contributed by atoms with Crippen molar-refractivity contribution < 1.29 is 4.42 Å². The SMILES string of the molecule is O=c1cc(-c2ccncc2)oc2ccc(Br)cc12. The third kappa shape index (κ3) is 1.95. The molecule has 1 aromatic carbocycles. The highest BCUT2D eigenvalue weighted by atomic mass is 79.9. The number of pyridine rings is 1. The molecule has 0 bridgehead atoms. The first kappa shape index (κ1) is 11.2. The summed E-state index contributed by atoms with van der Waals surface area (Å²) in [4.78, 5) is 16.0. The van der Waals surface area contributed by atoms with Crippen molar-refractivity contribution in [2.45, 2.75) is 0 Å². The summed E-state index contributed by atoms with van der Waals surface area (Å²) < 4.78 is 6.60. The van der Waals surface area contributed by atoms with Crippen LogP contribution in [0.3, 0.4) is 0 Å². The van der Waals surface area contributed by atoms with Crippen molar-refractivity contribution in [3.8, 4) is 11.3 Å². The normalized spacial score (nSPS) is 10.7. The molecule has 0 aliphatic heterocycles. The van der Waals surface area contributed by atoms with Crippen LogP contribution < -0.4 is 5.43 Å². The van der Waals surface area contributed by atoms with E-state index >= 15 is 0 Å². The van der Waals surface area contributed by atoms with Crippen molar-refractivity contribution in [3.05, 3.63) is 63.5 Å². The molecule has 2 heterocycles. The lowest BCUT2D eigenvalue weighted by atomic mass is 10.1. The Balaban J connectivity index is 2.29. The molecule has 0 aliphatic carbocycles. The van der Waals surface area contributed by atoms with Crippen LogP contribution in [0.5, 0.6) is 0 Å². The standard InChI is InChI=1S/C14H8BrNO2/c15-10-1-2-13-11(7-10)12(17)8-14(18-13)9-3-5-16-6-4-9/h1-8H. The topological polar surface area (TPSA) is 43.1 Å². The number of hydrogen-bond acceptors (Lipinski definition) is 3. The summed E-state index contributed by atoms with van der Waals surface area (Å²) in [6.07, 6.45) is 3.34. The van der Waals surface area contributed by atoms with Gasteiger partial charge in [-0.15, -0.1) is 0 Å². The van der Waals surface area contributed by atoms with Crippen LogP contribution in [-0.4, -0.2) is 4.98 Å². The number of fused-ring (bicyclic) bond motifs is 1. The average molecular weight is 302 g/mol. The molecule has 0 spiro atoms. The maximum Gasteiger partial charge on any atom is 0.193 e. The van der Waals surface area contributed by atoms with E-state index in [2.05, 4.69) is 20.9 Å². The van der Waals surface area contributed by atoms with E-state index in [-0.39, 0.29) is 5.43 Å². The number of nitrogens with zero attached hydrogens (tertiary/aromatic N) is 1. The van der Waals surface area contributed by atoms with Gasteiger partial charge in [0.05, 0.1) is 5.39 Å². The van der Waals surface area contributed by atoms with Crippen LogP contribution in [0.2, 0.25) is 0 Å². The highest BCUT2D eigenvalue weighted by Crippen LogP contribution is 2.23. The number of hydrogen-bond donors (Lipinski definition) is 0. The van der Waals surface area contributed by atoms with Crippen molar-refractivity contribution in [2.75, 3.05) is 0 Å². The number of benzene rings is 1. The lowest BCUT2D eigenvalue weighted by Crippen LogP contribution is -2.00. The molecule has 0 aliphatic rings. The summed E-state index contributed by atoms with van der Waals surface area (Å²) in [6.45, 7) is 0. The van der Waals surface area contributed by atoms with Crippen molar-refractivity contribution in [3.63, 3.8) is 0 Å². The van der Waals surface area contributed by atoms with E-state index in [1.165, 1.54) is 6.07 Å². The Labute approximate surface area is 111 Å². The van der Waals surface area contributed by atoms with Crippen LogP contribution in [0.15, 0.2) is 62.5 Å². The molecular weight excluding hydrogens is 294 g/mol. The zero-order chi connectivity index (χ0) is 12.5. The Morgan fingerprint density at radius 3 is 2.61 bits per heavy atom. The van der Waals surface area contributed by atoms with Gasteiger partial charge in [0.25, 0.3) is 0 Å². The molecule has 0 radical (unpaired) electrons. The van der Waals surface area contributed by atoms with Gasteiger partial charge in [-0.3, -0.25) is 9.78 Å².